The molecule has 0 spiro atoms. The van der Waals surface area contributed by atoms with Crippen molar-refractivity contribution in [3.8, 4) is 6.07 Å². The lowest BCUT2D eigenvalue weighted by Crippen LogP contribution is -2.28. The van der Waals surface area contributed by atoms with E-state index in [1.165, 1.54) is 12.5 Å². The largest absolute Gasteiger partial charge is 0.441 e. The molecule has 2 aromatic rings. The second kappa shape index (κ2) is 7.92. The lowest BCUT2D eigenvalue weighted by atomic mass is 10.1. The Morgan fingerprint density at radius 1 is 1.15 bits per heavy atom. The van der Waals surface area contributed by atoms with Gasteiger partial charge in [0.1, 0.15) is 17.4 Å². The van der Waals surface area contributed by atoms with E-state index in [-0.39, 0.29) is 5.57 Å². The molecule has 1 aliphatic heterocycles. The van der Waals surface area contributed by atoms with Crippen LogP contribution >= 0.6 is 0 Å². The maximum absolute atomic E-state index is 12.4. The summed E-state index contributed by atoms with van der Waals surface area (Å²) < 4.78 is 5.81. The van der Waals surface area contributed by atoms with Crippen molar-refractivity contribution in [1.82, 2.24) is 0 Å². The number of benzene rings is 1. The Bertz CT molecular complexity index is 868. The molecule has 1 N–H and O–H groups in total. The average molecular weight is 349 g/mol. The normalized spacial score (nSPS) is 14.8. The van der Waals surface area contributed by atoms with Crippen molar-refractivity contribution < 1.29 is 9.21 Å². The number of nitriles is 1. The lowest BCUT2D eigenvalue weighted by molar-refractivity contribution is -0.112. The molecule has 1 aliphatic rings. The van der Waals surface area contributed by atoms with E-state index in [1.54, 1.807) is 6.07 Å². The van der Waals surface area contributed by atoms with Crippen LogP contribution in [0.2, 0.25) is 0 Å². The van der Waals surface area contributed by atoms with Crippen LogP contribution < -0.4 is 10.2 Å². The minimum Gasteiger partial charge on any atom is -0.441 e. The number of anilines is 2. The fourth-order valence-electron chi connectivity index (χ4n) is 3.01. The van der Waals surface area contributed by atoms with E-state index >= 15 is 0 Å². The molecule has 0 unspecified atom stereocenters. The number of piperidine rings is 1. The van der Waals surface area contributed by atoms with Crippen LogP contribution in [0.4, 0.5) is 11.6 Å². The van der Waals surface area contributed by atoms with Crippen LogP contribution in [0.1, 0.15) is 36.1 Å². The fraction of sp³-hybridized carbons (Fsp3) is 0.333. The Morgan fingerprint density at radius 2 is 1.92 bits per heavy atom. The van der Waals surface area contributed by atoms with Crippen LogP contribution in [-0.4, -0.2) is 19.0 Å². The smallest absolute Gasteiger partial charge is 0.266 e. The van der Waals surface area contributed by atoms with E-state index in [1.807, 2.05) is 44.2 Å². The second-order valence-electron chi connectivity index (χ2n) is 6.65. The van der Waals surface area contributed by atoms with Crippen molar-refractivity contribution in [3.63, 3.8) is 0 Å². The fourth-order valence-corrected chi connectivity index (χ4v) is 3.01. The summed E-state index contributed by atoms with van der Waals surface area (Å²) in [5.41, 5.74) is 2.93. The molecule has 1 aromatic carbocycles. The van der Waals surface area contributed by atoms with Crippen LogP contribution in [0, 0.1) is 25.2 Å². The van der Waals surface area contributed by atoms with Gasteiger partial charge in [-0.15, -0.1) is 0 Å². The van der Waals surface area contributed by atoms with E-state index in [2.05, 4.69) is 10.2 Å². The number of nitrogens with zero attached hydrogens (tertiary/aromatic N) is 2. The van der Waals surface area contributed by atoms with Gasteiger partial charge in [-0.05, 0) is 62.4 Å². The first kappa shape index (κ1) is 17.8. The molecule has 3 rings (SSSR count). The number of aryl methyl sites for hydroxylation is 2. The van der Waals surface area contributed by atoms with Crippen molar-refractivity contribution in [2.24, 2.45) is 0 Å². The lowest BCUT2D eigenvalue weighted by Gasteiger charge is -2.25. The highest BCUT2D eigenvalue weighted by atomic mass is 16.4. The van der Waals surface area contributed by atoms with Crippen LogP contribution in [-0.2, 0) is 4.79 Å². The summed E-state index contributed by atoms with van der Waals surface area (Å²) in [6.45, 7) is 5.96. The van der Waals surface area contributed by atoms with Crippen LogP contribution in [0.3, 0.4) is 0 Å². The maximum atomic E-state index is 12.4. The predicted molar refractivity (Wildman–Crippen MR) is 103 cm³/mol. The van der Waals surface area contributed by atoms with Crippen molar-refractivity contribution in [2.75, 3.05) is 23.3 Å². The van der Waals surface area contributed by atoms with E-state index < -0.39 is 5.91 Å². The summed E-state index contributed by atoms with van der Waals surface area (Å²) in [5, 5.41) is 12.1. The van der Waals surface area contributed by atoms with Gasteiger partial charge in [0.2, 0.25) is 0 Å². The van der Waals surface area contributed by atoms with Gasteiger partial charge < -0.3 is 14.6 Å². The minimum atomic E-state index is -0.438. The number of rotatable bonds is 4. The molecule has 1 fully saturated rings. The van der Waals surface area contributed by atoms with Gasteiger partial charge in [-0.25, -0.2) is 0 Å². The molecule has 0 atom stereocenters. The van der Waals surface area contributed by atoms with Gasteiger partial charge in [-0.2, -0.15) is 5.26 Å². The Morgan fingerprint density at radius 3 is 2.62 bits per heavy atom. The molecule has 134 valence electrons. The van der Waals surface area contributed by atoms with Gasteiger partial charge in [-0.1, -0.05) is 6.07 Å². The molecule has 2 heterocycles. The standard InChI is InChI=1S/C21H23N3O2/c1-15-6-7-18(12-16(15)2)23-21(25)17(14-22)13-19-8-9-20(26-19)24-10-4-3-5-11-24/h6-9,12-13H,3-5,10-11H2,1-2H3,(H,23,25)/b17-13-. The van der Waals surface area contributed by atoms with E-state index in [4.69, 9.17) is 4.42 Å². The topological polar surface area (TPSA) is 69.3 Å². The van der Waals surface area contributed by atoms with Crippen LogP contribution in [0.5, 0.6) is 0 Å². The summed E-state index contributed by atoms with van der Waals surface area (Å²) >= 11 is 0. The average Bonchev–Trinajstić information content (AvgIpc) is 3.12. The highest BCUT2D eigenvalue weighted by molar-refractivity contribution is 6.09. The third kappa shape index (κ3) is 4.15. The zero-order chi connectivity index (χ0) is 18.5. The monoisotopic (exact) mass is 349 g/mol. The Balaban J connectivity index is 1.73. The van der Waals surface area contributed by atoms with Crippen LogP contribution in [0.15, 0.2) is 40.3 Å². The minimum absolute atomic E-state index is 0.0165. The molecule has 0 aliphatic carbocycles. The SMILES string of the molecule is Cc1ccc(NC(=O)/C(C#N)=C\c2ccc(N3CCCCC3)o2)cc1C. The molecule has 5 nitrogen and oxygen atoms in total. The second-order valence-corrected chi connectivity index (χ2v) is 6.65. The highest BCUT2D eigenvalue weighted by Gasteiger charge is 2.15. The number of furan rings is 1. The number of amides is 1. The molecule has 26 heavy (non-hydrogen) atoms. The van der Waals surface area contributed by atoms with E-state index in [9.17, 15) is 10.1 Å². The highest BCUT2D eigenvalue weighted by Crippen LogP contribution is 2.24. The van der Waals surface area contributed by atoms with Gasteiger partial charge in [0.05, 0.1) is 0 Å². The van der Waals surface area contributed by atoms with Crippen molar-refractivity contribution in [3.05, 3.63) is 52.8 Å². The first-order chi connectivity index (χ1) is 12.6. The zero-order valence-electron chi connectivity index (χ0n) is 15.2. The number of hydrogen-bond donors (Lipinski definition) is 1. The van der Waals surface area contributed by atoms with Crippen molar-refractivity contribution >= 4 is 23.6 Å². The summed E-state index contributed by atoms with van der Waals surface area (Å²) in [5.74, 6) is 0.867. The van der Waals surface area contributed by atoms with E-state index in [0.29, 0.717) is 11.4 Å². The van der Waals surface area contributed by atoms with Crippen molar-refractivity contribution in [2.45, 2.75) is 33.1 Å². The number of hydrogen-bond acceptors (Lipinski definition) is 4. The first-order valence-electron chi connectivity index (χ1n) is 8.92. The summed E-state index contributed by atoms with van der Waals surface area (Å²) in [6, 6.07) is 11.3. The van der Waals surface area contributed by atoms with Gasteiger partial charge in [0.15, 0.2) is 5.88 Å². The molecule has 1 aromatic heterocycles. The predicted octanol–water partition coefficient (Wildman–Crippen LogP) is 4.43. The number of nitrogens with one attached hydrogen (secondary N) is 1. The zero-order valence-corrected chi connectivity index (χ0v) is 15.2. The van der Waals surface area contributed by atoms with Crippen molar-refractivity contribution in [1.29, 1.82) is 5.26 Å². The quantitative estimate of drug-likeness (QED) is 0.655. The maximum Gasteiger partial charge on any atom is 0.266 e. The molecule has 0 radical (unpaired) electrons. The van der Waals surface area contributed by atoms with E-state index in [0.717, 1.165) is 42.9 Å². The van der Waals surface area contributed by atoms with Gasteiger partial charge >= 0.3 is 0 Å². The number of carbonyl (C=O) groups is 1. The first-order valence-corrected chi connectivity index (χ1v) is 8.92. The molecule has 0 bridgehead atoms. The Hall–Kier alpha value is -3.00. The van der Waals surface area contributed by atoms with Gasteiger partial charge in [-0.3, -0.25) is 4.79 Å². The molecule has 1 amide bonds. The summed E-state index contributed by atoms with van der Waals surface area (Å²) in [6.07, 6.45) is 5.06. The number of carbonyl (C=O) groups excluding carboxylic acids is 1. The molecular formula is C21H23N3O2. The Labute approximate surface area is 153 Å². The Kier molecular flexibility index (Phi) is 5.43. The molecule has 0 saturated carbocycles. The molecular weight excluding hydrogens is 326 g/mol. The van der Waals surface area contributed by atoms with Gasteiger partial charge in [0.25, 0.3) is 5.91 Å². The van der Waals surface area contributed by atoms with Gasteiger partial charge in [0, 0.05) is 30.9 Å². The molecule has 5 heteroatoms. The summed E-state index contributed by atoms with van der Waals surface area (Å²) in [4.78, 5) is 14.6. The molecule has 1 saturated heterocycles. The third-order valence-electron chi connectivity index (χ3n) is 4.70. The third-order valence-corrected chi connectivity index (χ3v) is 4.70. The van der Waals surface area contributed by atoms with Crippen LogP contribution in [0.25, 0.3) is 6.08 Å². The summed E-state index contributed by atoms with van der Waals surface area (Å²) in [7, 11) is 0.